The van der Waals surface area contributed by atoms with Gasteiger partial charge in [-0.1, -0.05) is 0 Å². The normalized spacial score (nSPS) is 31.5. The minimum absolute atomic E-state index is 0.257. The van der Waals surface area contributed by atoms with E-state index in [2.05, 4.69) is 0 Å². The van der Waals surface area contributed by atoms with E-state index in [9.17, 15) is 17.6 Å². The summed E-state index contributed by atoms with van der Waals surface area (Å²) in [6, 6.07) is 0. The van der Waals surface area contributed by atoms with Gasteiger partial charge in [-0.25, -0.2) is 17.6 Å². The number of halogens is 4. The molecule has 0 nitrogen and oxygen atoms in total. The van der Waals surface area contributed by atoms with Crippen LogP contribution in [0.15, 0.2) is 0 Å². The molecule has 0 amide bonds. The molecule has 0 aliphatic heterocycles. The van der Waals surface area contributed by atoms with Crippen LogP contribution in [-0.4, -0.2) is 12.9 Å². The molecule has 1 rings (SSSR count). The van der Waals surface area contributed by atoms with E-state index in [1.165, 1.54) is 0 Å². The van der Waals surface area contributed by atoms with Gasteiger partial charge in [-0.15, -0.1) is 0 Å². The third-order valence-corrected chi connectivity index (χ3v) is 2.53. The number of hydrogen-bond acceptors (Lipinski definition) is 0. The minimum atomic E-state index is -2.33. The van der Waals surface area contributed by atoms with Crippen molar-refractivity contribution in [3.63, 3.8) is 0 Å². The minimum Gasteiger partial charge on any atom is -0.210 e. The summed E-state index contributed by atoms with van der Waals surface area (Å²) in [7, 11) is 0. The predicted octanol–water partition coefficient (Wildman–Crippen LogP) is 3.32. The third-order valence-electron chi connectivity index (χ3n) is 2.53. The molecule has 0 bridgehead atoms. The lowest BCUT2D eigenvalue weighted by molar-refractivity contribution is 0.00546. The zero-order chi connectivity index (χ0) is 9.14. The van der Waals surface area contributed by atoms with E-state index in [-0.39, 0.29) is 25.7 Å². The van der Waals surface area contributed by atoms with Crippen molar-refractivity contribution >= 4 is 0 Å². The van der Waals surface area contributed by atoms with Gasteiger partial charge in [-0.05, 0) is 25.7 Å². The molecule has 1 aliphatic rings. The van der Waals surface area contributed by atoms with Crippen LogP contribution in [0.25, 0.3) is 0 Å². The van der Waals surface area contributed by atoms with E-state index in [1.807, 2.05) is 0 Å². The molecule has 0 spiro atoms. The molecule has 1 aliphatic carbocycles. The largest absolute Gasteiger partial charge is 0.241 e. The van der Waals surface area contributed by atoms with Crippen molar-refractivity contribution in [2.24, 2.45) is 11.8 Å². The van der Waals surface area contributed by atoms with Crippen molar-refractivity contribution < 1.29 is 17.6 Å². The van der Waals surface area contributed by atoms with Crippen molar-refractivity contribution in [1.82, 2.24) is 0 Å². The van der Waals surface area contributed by atoms with Crippen LogP contribution in [0.4, 0.5) is 17.6 Å². The Morgan fingerprint density at radius 3 is 1.08 bits per heavy atom. The average Bonchev–Trinajstić information content (AvgIpc) is 2.04. The second-order valence-corrected chi connectivity index (χ2v) is 3.34. The van der Waals surface area contributed by atoms with Gasteiger partial charge in [-0.3, -0.25) is 0 Å². The number of rotatable bonds is 2. The fraction of sp³-hybridized carbons (Fsp3) is 1.00. The van der Waals surface area contributed by atoms with Gasteiger partial charge < -0.3 is 0 Å². The van der Waals surface area contributed by atoms with Crippen LogP contribution in [0.1, 0.15) is 25.7 Å². The molecule has 0 heterocycles. The van der Waals surface area contributed by atoms with Gasteiger partial charge in [0.1, 0.15) is 0 Å². The Kier molecular flexibility index (Phi) is 3.35. The van der Waals surface area contributed by atoms with E-state index in [0.29, 0.717) is 0 Å². The first-order valence-corrected chi connectivity index (χ1v) is 4.17. The average molecular weight is 184 g/mol. The molecule has 0 N–H and O–H groups in total. The lowest BCUT2D eigenvalue weighted by atomic mass is 9.82. The van der Waals surface area contributed by atoms with Gasteiger partial charge in [0.25, 0.3) is 0 Å². The van der Waals surface area contributed by atoms with E-state index in [1.54, 1.807) is 0 Å². The second kappa shape index (κ2) is 4.10. The molecule has 4 heteroatoms. The molecule has 12 heavy (non-hydrogen) atoms. The maximum absolute atomic E-state index is 12.1. The molecule has 0 aromatic rings. The molecule has 0 unspecified atom stereocenters. The first-order chi connectivity index (χ1) is 5.61. The van der Waals surface area contributed by atoms with Gasteiger partial charge in [0.2, 0.25) is 12.9 Å². The topological polar surface area (TPSA) is 0 Å². The molecule has 0 radical (unpaired) electrons. The van der Waals surface area contributed by atoms with Gasteiger partial charge in [0, 0.05) is 11.8 Å². The standard InChI is InChI=1S/C8H12F4/c9-7(10)5-1-2-6(4-3-5)8(11)12/h5-8H,1-4H2. The Morgan fingerprint density at radius 1 is 0.667 bits per heavy atom. The van der Waals surface area contributed by atoms with Gasteiger partial charge >= 0.3 is 0 Å². The Labute approximate surface area is 69.0 Å². The summed E-state index contributed by atoms with van der Waals surface area (Å²) in [5, 5.41) is 0. The molecule has 1 saturated carbocycles. The Hall–Kier alpha value is -0.280. The first-order valence-electron chi connectivity index (χ1n) is 4.17. The van der Waals surface area contributed by atoms with Gasteiger partial charge in [0.15, 0.2) is 0 Å². The smallest absolute Gasteiger partial charge is 0.210 e. The van der Waals surface area contributed by atoms with Crippen LogP contribution in [0.3, 0.4) is 0 Å². The summed E-state index contributed by atoms with van der Waals surface area (Å²) in [4.78, 5) is 0. The Morgan fingerprint density at radius 2 is 0.917 bits per heavy atom. The lowest BCUT2D eigenvalue weighted by Gasteiger charge is -2.27. The van der Waals surface area contributed by atoms with Crippen molar-refractivity contribution in [2.75, 3.05) is 0 Å². The summed E-state index contributed by atoms with van der Waals surface area (Å²) in [6.07, 6.45) is -3.63. The zero-order valence-corrected chi connectivity index (χ0v) is 6.65. The maximum Gasteiger partial charge on any atom is 0.241 e. The Bertz CT molecular complexity index is 111. The van der Waals surface area contributed by atoms with Crippen molar-refractivity contribution in [2.45, 2.75) is 38.5 Å². The molecule has 0 aromatic carbocycles. The quantitative estimate of drug-likeness (QED) is 0.577. The fourth-order valence-electron chi connectivity index (χ4n) is 1.65. The monoisotopic (exact) mass is 184 g/mol. The summed E-state index contributed by atoms with van der Waals surface area (Å²) in [5.41, 5.74) is 0. The summed E-state index contributed by atoms with van der Waals surface area (Å²) in [6.45, 7) is 0. The fourth-order valence-corrected chi connectivity index (χ4v) is 1.65. The van der Waals surface area contributed by atoms with E-state index in [4.69, 9.17) is 0 Å². The summed E-state index contributed by atoms with van der Waals surface area (Å²) >= 11 is 0. The molecule has 72 valence electrons. The van der Waals surface area contributed by atoms with Crippen LogP contribution >= 0.6 is 0 Å². The Balaban J connectivity index is 2.30. The SMILES string of the molecule is FC(F)C1CCC(C(F)F)CC1. The highest BCUT2D eigenvalue weighted by molar-refractivity contribution is 4.74. The van der Waals surface area contributed by atoms with Crippen molar-refractivity contribution in [3.8, 4) is 0 Å². The van der Waals surface area contributed by atoms with Crippen LogP contribution in [0.5, 0.6) is 0 Å². The summed E-state index contributed by atoms with van der Waals surface area (Å²) in [5.74, 6) is -1.28. The highest BCUT2D eigenvalue weighted by atomic mass is 19.3. The van der Waals surface area contributed by atoms with Crippen molar-refractivity contribution in [1.29, 1.82) is 0 Å². The van der Waals surface area contributed by atoms with Crippen molar-refractivity contribution in [3.05, 3.63) is 0 Å². The van der Waals surface area contributed by atoms with Gasteiger partial charge in [-0.2, -0.15) is 0 Å². The number of hydrogen-bond donors (Lipinski definition) is 0. The highest BCUT2D eigenvalue weighted by Crippen LogP contribution is 2.35. The van der Waals surface area contributed by atoms with Crippen LogP contribution in [-0.2, 0) is 0 Å². The molecule has 0 atom stereocenters. The molecular formula is C8H12F4. The number of alkyl halides is 4. The molecular weight excluding hydrogens is 172 g/mol. The zero-order valence-electron chi connectivity index (χ0n) is 6.65. The molecule has 0 saturated heterocycles. The van der Waals surface area contributed by atoms with E-state index >= 15 is 0 Å². The van der Waals surface area contributed by atoms with Gasteiger partial charge in [0.05, 0.1) is 0 Å². The molecule has 0 aromatic heterocycles. The van der Waals surface area contributed by atoms with Crippen LogP contribution < -0.4 is 0 Å². The first kappa shape index (κ1) is 9.81. The lowest BCUT2D eigenvalue weighted by Crippen LogP contribution is -2.23. The summed E-state index contributed by atoms with van der Waals surface area (Å²) < 4.78 is 48.2. The second-order valence-electron chi connectivity index (χ2n) is 3.34. The maximum atomic E-state index is 12.1. The highest BCUT2D eigenvalue weighted by Gasteiger charge is 2.31. The third kappa shape index (κ3) is 2.35. The van der Waals surface area contributed by atoms with E-state index in [0.717, 1.165) is 0 Å². The predicted molar refractivity (Wildman–Crippen MR) is 37.5 cm³/mol. The van der Waals surface area contributed by atoms with Crippen LogP contribution in [0, 0.1) is 11.8 Å². The van der Waals surface area contributed by atoms with Crippen LogP contribution in [0.2, 0.25) is 0 Å². The molecule has 1 fully saturated rings. The van der Waals surface area contributed by atoms with E-state index < -0.39 is 24.7 Å².